The Kier molecular flexibility index (Phi) is 11.3. The van der Waals surface area contributed by atoms with E-state index in [2.05, 4.69) is 29.9 Å². The number of benzene rings is 2. The minimum atomic E-state index is -0.317. The van der Waals surface area contributed by atoms with Crippen LogP contribution in [0, 0.1) is 18.7 Å². The monoisotopic (exact) mass is 563 g/mol. The van der Waals surface area contributed by atoms with Crippen LogP contribution in [0.4, 0.5) is 4.39 Å². The Morgan fingerprint density at radius 3 is 2.35 bits per heavy atom. The third-order valence-corrected chi connectivity index (χ3v) is 6.26. The lowest BCUT2D eigenvalue weighted by atomic mass is 9.98. The molecule has 0 fully saturated rings. The van der Waals surface area contributed by atoms with E-state index in [4.69, 9.17) is 36.4 Å². The third kappa shape index (κ3) is 8.45. The summed E-state index contributed by atoms with van der Waals surface area (Å²) in [4.78, 5) is 24.1. The van der Waals surface area contributed by atoms with E-state index in [0.29, 0.717) is 29.7 Å². The highest BCUT2D eigenvalue weighted by atomic mass is 35.5. The number of carbonyl (C=O) groups excluding carboxylic acids is 2. The Balaban J connectivity index is 0.000000213. The van der Waals surface area contributed by atoms with Crippen LogP contribution in [-0.2, 0) is 16.2 Å². The summed E-state index contributed by atoms with van der Waals surface area (Å²) < 4.78 is 25.0. The molecule has 0 bridgehead atoms. The van der Waals surface area contributed by atoms with Crippen molar-refractivity contribution in [3.8, 4) is 33.8 Å². The zero-order chi connectivity index (χ0) is 29.1. The molecule has 4 aromatic rings. The van der Waals surface area contributed by atoms with Gasteiger partial charge >= 0.3 is 6.15 Å². The highest BCUT2D eigenvalue weighted by Gasteiger charge is 2.18. The van der Waals surface area contributed by atoms with Crippen LogP contribution in [0.15, 0.2) is 73.3 Å². The molecule has 0 aliphatic carbocycles. The summed E-state index contributed by atoms with van der Waals surface area (Å²) in [5, 5.41) is 0.658. The number of ether oxygens (including phenoxy) is 2. The van der Waals surface area contributed by atoms with Crippen LogP contribution in [0.1, 0.15) is 31.4 Å². The van der Waals surface area contributed by atoms with Gasteiger partial charge in [-0.15, -0.1) is 0 Å². The van der Waals surface area contributed by atoms with E-state index >= 15 is 0 Å². The second-order valence-electron chi connectivity index (χ2n) is 9.58. The molecule has 40 heavy (non-hydrogen) atoms. The van der Waals surface area contributed by atoms with Gasteiger partial charge in [0.25, 0.3) is 0 Å². The molecule has 0 radical (unpaired) electrons. The van der Waals surface area contributed by atoms with Crippen LogP contribution in [-0.4, -0.2) is 28.8 Å². The van der Waals surface area contributed by atoms with Crippen molar-refractivity contribution in [3.05, 3.63) is 95.3 Å². The summed E-state index contributed by atoms with van der Waals surface area (Å²) in [5.74, 6) is 1.95. The first kappa shape index (κ1) is 30.4. The van der Waals surface area contributed by atoms with Gasteiger partial charge in [0.05, 0.1) is 12.4 Å². The van der Waals surface area contributed by atoms with Gasteiger partial charge in [0.1, 0.15) is 30.5 Å². The van der Waals surface area contributed by atoms with E-state index in [0.717, 1.165) is 40.2 Å². The van der Waals surface area contributed by atoms with Crippen molar-refractivity contribution in [1.29, 1.82) is 0 Å². The van der Waals surface area contributed by atoms with Gasteiger partial charge in [-0.1, -0.05) is 37.6 Å². The fraction of sp³-hybridized carbons (Fsp3) is 0.258. The molecular weight excluding hydrogens is 533 g/mol. The van der Waals surface area contributed by atoms with Crippen molar-refractivity contribution >= 4 is 17.8 Å². The average molecular weight is 564 g/mol. The molecule has 0 saturated carbocycles. The molecule has 9 heteroatoms. The predicted octanol–water partition coefficient (Wildman–Crippen LogP) is 6.66. The van der Waals surface area contributed by atoms with E-state index in [1.54, 1.807) is 30.7 Å². The van der Waals surface area contributed by atoms with E-state index in [1.807, 2.05) is 37.3 Å². The van der Waals surface area contributed by atoms with Gasteiger partial charge in [-0.3, -0.25) is 9.97 Å². The average Bonchev–Trinajstić information content (AvgIpc) is 2.93. The second kappa shape index (κ2) is 14.9. The molecule has 0 amide bonds. The molecule has 0 saturated heterocycles. The third-order valence-electron chi connectivity index (χ3n) is 6.02. The zero-order valence-electron chi connectivity index (χ0n) is 22.6. The van der Waals surface area contributed by atoms with Crippen molar-refractivity contribution in [1.82, 2.24) is 9.97 Å². The number of rotatable bonds is 6. The number of halogens is 2. The minimum absolute atomic E-state index is 0.0686. The standard InChI is InChI=1S/C18H22N2O2.C12H9ClFN.CO2/c1-12(2)7-14(19)11-21-15-3-4-16-13(8-15)10-22-18-9-20-6-5-17(16)18;1-8-6-9(13)2-3-10(8)11-4-5-15-7-12(11)14;2-1-3/h3-6,8-9,12,14H,7,10-11,19H2,1-2H3;2-7H,1H3;/t14-;;/m0../s1. The van der Waals surface area contributed by atoms with Crippen molar-refractivity contribution in [2.75, 3.05) is 6.61 Å². The molecule has 7 nitrogen and oxygen atoms in total. The molecule has 3 heterocycles. The summed E-state index contributed by atoms with van der Waals surface area (Å²) in [6.45, 7) is 7.33. The number of nitrogens with zero attached hydrogens (tertiary/aromatic N) is 2. The normalized spacial score (nSPS) is 11.8. The van der Waals surface area contributed by atoms with Gasteiger partial charge in [-0.05, 0) is 72.4 Å². The first-order chi connectivity index (χ1) is 19.2. The van der Waals surface area contributed by atoms with Crippen molar-refractivity contribution in [2.24, 2.45) is 11.7 Å². The minimum Gasteiger partial charge on any atom is -0.492 e. The number of pyridine rings is 2. The molecule has 1 aliphatic rings. The van der Waals surface area contributed by atoms with Gasteiger partial charge in [0.15, 0.2) is 0 Å². The Bertz CT molecular complexity index is 1460. The molecule has 0 spiro atoms. The van der Waals surface area contributed by atoms with Gasteiger partial charge < -0.3 is 15.2 Å². The van der Waals surface area contributed by atoms with E-state index < -0.39 is 0 Å². The van der Waals surface area contributed by atoms with Crippen molar-refractivity contribution in [2.45, 2.75) is 39.8 Å². The maximum Gasteiger partial charge on any atom is 0.373 e. The van der Waals surface area contributed by atoms with E-state index in [9.17, 15) is 4.39 Å². The molecule has 1 atom stereocenters. The topological polar surface area (TPSA) is 104 Å². The number of nitrogens with two attached hydrogens (primary N) is 1. The molecule has 2 aromatic carbocycles. The van der Waals surface area contributed by atoms with E-state index in [-0.39, 0.29) is 18.0 Å². The lowest BCUT2D eigenvalue weighted by molar-refractivity contribution is -0.191. The van der Waals surface area contributed by atoms with Gasteiger partial charge in [0.2, 0.25) is 0 Å². The molecule has 208 valence electrons. The maximum absolute atomic E-state index is 13.5. The Hall–Kier alpha value is -4.10. The smallest absolute Gasteiger partial charge is 0.373 e. The highest BCUT2D eigenvalue weighted by molar-refractivity contribution is 6.30. The molecule has 2 aromatic heterocycles. The van der Waals surface area contributed by atoms with Gasteiger partial charge in [-0.2, -0.15) is 9.59 Å². The first-order valence-electron chi connectivity index (χ1n) is 12.7. The van der Waals surface area contributed by atoms with Crippen LogP contribution in [0.5, 0.6) is 11.5 Å². The van der Waals surface area contributed by atoms with Crippen LogP contribution in [0.3, 0.4) is 0 Å². The lowest BCUT2D eigenvalue weighted by Crippen LogP contribution is -2.29. The van der Waals surface area contributed by atoms with Crippen LogP contribution in [0.25, 0.3) is 22.3 Å². The zero-order valence-corrected chi connectivity index (χ0v) is 23.3. The number of hydrogen-bond acceptors (Lipinski definition) is 7. The summed E-state index contributed by atoms with van der Waals surface area (Å²) in [7, 11) is 0. The predicted molar refractivity (Wildman–Crippen MR) is 151 cm³/mol. The van der Waals surface area contributed by atoms with Gasteiger partial charge in [-0.25, -0.2) is 4.39 Å². The lowest BCUT2D eigenvalue weighted by Gasteiger charge is -2.21. The largest absolute Gasteiger partial charge is 0.492 e. The Morgan fingerprint density at radius 1 is 1.00 bits per heavy atom. The molecular formula is C31H31ClFN3O4. The van der Waals surface area contributed by atoms with Gasteiger partial charge in [0, 0.05) is 40.1 Å². The molecule has 5 rings (SSSR count). The van der Waals surface area contributed by atoms with Crippen LogP contribution in [0.2, 0.25) is 5.02 Å². The van der Waals surface area contributed by atoms with Crippen LogP contribution >= 0.6 is 11.6 Å². The highest BCUT2D eigenvalue weighted by Crippen LogP contribution is 2.38. The fourth-order valence-electron chi connectivity index (χ4n) is 4.31. The number of aromatic nitrogens is 2. The Morgan fingerprint density at radius 2 is 1.68 bits per heavy atom. The summed E-state index contributed by atoms with van der Waals surface area (Å²) in [6.07, 6.45) is 7.55. The quantitative estimate of drug-likeness (QED) is 0.280. The summed E-state index contributed by atoms with van der Waals surface area (Å²) in [5.41, 5.74) is 11.8. The maximum atomic E-state index is 13.5. The number of hydrogen-bond donors (Lipinski definition) is 1. The first-order valence-corrected chi connectivity index (χ1v) is 13.0. The second-order valence-corrected chi connectivity index (χ2v) is 10.0. The molecule has 2 N–H and O–H groups in total. The van der Waals surface area contributed by atoms with Crippen molar-refractivity contribution < 1.29 is 23.5 Å². The Labute approximate surface area is 238 Å². The van der Waals surface area contributed by atoms with Crippen molar-refractivity contribution in [3.63, 3.8) is 0 Å². The number of aryl methyl sites for hydroxylation is 1. The van der Waals surface area contributed by atoms with E-state index in [1.165, 1.54) is 11.8 Å². The summed E-state index contributed by atoms with van der Waals surface area (Å²) in [6, 6.07) is 15.2. The molecule has 1 aliphatic heterocycles. The fourth-order valence-corrected chi connectivity index (χ4v) is 4.54. The molecule has 0 unspecified atom stereocenters. The SMILES string of the molecule is CC(C)C[C@H](N)COc1ccc2c(c1)COc1cnccc1-2.Cc1cc(Cl)ccc1-c1ccncc1F.O=C=O. The van der Waals surface area contributed by atoms with Crippen LogP contribution < -0.4 is 15.2 Å². The summed E-state index contributed by atoms with van der Waals surface area (Å²) >= 11 is 5.84. The number of fused-ring (bicyclic) bond motifs is 3.